The summed E-state index contributed by atoms with van der Waals surface area (Å²) < 4.78 is 45.0. The van der Waals surface area contributed by atoms with E-state index in [1.165, 1.54) is 13.8 Å². The number of nitrogens with zero attached hydrogens (tertiary/aromatic N) is 2. The molecule has 112 valence electrons. The summed E-state index contributed by atoms with van der Waals surface area (Å²) in [7, 11) is 0. The molecule has 0 saturated heterocycles. The molecule has 2 rings (SSSR count). The lowest BCUT2D eigenvalue weighted by Crippen LogP contribution is -2.15. The van der Waals surface area contributed by atoms with Crippen LogP contribution in [0.5, 0.6) is 0 Å². The first-order valence-electron chi connectivity index (χ1n) is 6.25. The molecule has 0 aliphatic heterocycles. The molecule has 4 nitrogen and oxygen atoms in total. The van der Waals surface area contributed by atoms with Gasteiger partial charge in [0.2, 0.25) is 0 Å². The van der Waals surface area contributed by atoms with Crippen LogP contribution in [0.15, 0.2) is 30.3 Å². The summed E-state index contributed by atoms with van der Waals surface area (Å²) in [5.74, 6) is -1.02. The lowest BCUT2D eigenvalue weighted by molar-refractivity contribution is -0.141. The maximum atomic E-state index is 13.1. The first-order valence-corrected chi connectivity index (χ1v) is 6.25. The van der Waals surface area contributed by atoms with Crippen LogP contribution >= 0.6 is 0 Å². The van der Waals surface area contributed by atoms with Gasteiger partial charge in [0, 0.05) is 0 Å². The van der Waals surface area contributed by atoms with Crippen LogP contribution in [0, 0.1) is 6.92 Å². The number of ether oxygens (including phenoxy) is 1. The van der Waals surface area contributed by atoms with Crippen molar-refractivity contribution in [2.45, 2.75) is 20.0 Å². The van der Waals surface area contributed by atoms with Crippen molar-refractivity contribution in [3.63, 3.8) is 0 Å². The molecule has 1 aromatic heterocycles. The van der Waals surface area contributed by atoms with E-state index in [-0.39, 0.29) is 12.3 Å². The number of hydrogen-bond acceptors (Lipinski definition) is 3. The Balaban J connectivity index is 2.63. The minimum atomic E-state index is -4.73. The Bertz CT molecular complexity index is 648. The van der Waals surface area contributed by atoms with Gasteiger partial charge in [-0.3, -0.25) is 0 Å². The molecule has 0 aliphatic carbocycles. The summed E-state index contributed by atoms with van der Waals surface area (Å²) in [5.41, 5.74) is -1.25. The predicted molar refractivity (Wildman–Crippen MR) is 69.3 cm³/mol. The second-order valence-corrected chi connectivity index (χ2v) is 4.27. The lowest BCUT2D eigenvalue weighted by Gasteiger charge is -2.06. The molecule has 0 aliphatic rings. The Labute approximate surface area is 119 Å². The standard InChI is InChI=1S/C14H13F3N2O2/c1-3-21-13(20)11-9(2)19(10-7-5-4-6-8-10)18-12(11)14(15,16)17/h4-8H,3H2,1-2H3. The maximum absolute atomic E-state index is 13.1. The van der Waals surface area contributed by atoms with Gasteiger partial charge in [-0.1, -0.05) is 18.2 Å². The fraction of sp³-hybridized carbons (Fsp3) is 0.286. The number of alkyl halides is 3. The SMILES string of the molecule is CCOC(=O)c1c(C(F)(F)F)nn(-c2ccccc2)c1C. The number of hydrogen-bond donors (Lipinski definition) is 0. The Morgan fingerprint density at radius 2 is 1.90 bits per heavy atom. The number of para-hydroxylation sites is 1. The zero-order chi connectivity index (χ0) is 15.6. The molecule has 0 saturated carbocycles. The average molecular weight is 298 g/mol. The highest BCUT2D eigenvalue weighted by Crippen LogP contribution is 2.33. The van der Waals surface area contributed by atoms with Gasteiger partial charge in [-0.2, -0.15) is 18.3 Å². The van der Waals surface area contributed by atoms with E-state index in [1.807, 2.05) is 0 Å². The topological polar surface area (TPSA) is 44.1 Å². The maximum Gasteiger partial charge on any atom is 0.436 e. The normalized spacial score (nSPS) is 11.5. The van der Waals surface area contributed by atoms with Gasteiger partial charge in [0.1, 0.15) is 5.56 Å². The number of halogens is 3. The van der Waals surface area contributed by atoms with Crippen molar-refractivity contribution in [2.75, 3.05) is 6.61 Å². The minimum Gasteiger partial charge on any atom is -0.462 e. The van der Waals surface area contributed by atoms with Crippen molar-refractivity contribution in [2.24, 2.45) is 0 Å². The largest absolute Gasteiger partial charge is 0.462 e. The summed E-state index contributed by atoms with van der Waals surface area (Å²) in [4.78, 5) is 11.8. The number of carbonyl (C=O) groups excluding carboxylic acids is 1. The summed E-state index contributed by atoms with van der Waals surface area (Å²) in [6.07, 6.45) is -4.73. The second kappa shape index (κ2) is 5.59. The number of carbonyl (C=O) groups is 1. The van der Waals surface area contributed by atoms with Crippen LogP contribution in [0.3, 0.4) is 0 Å². The summed E-state index contributed by atoms with van der Waals surface area (Å²) in [5, 5.41) is 3.55. The van der Waals surface area contributed by atoms with Gasteiger partial charge < -0.3 is 4.74 Å². The molecule has 0 amide bonds. The van der Waals surface area contributed by atoms with Crippen LogP contribution < -0.4 is 0 Å². The number of benzene rings is 1. The van der Waals surface area contributed by atoms with Gasteiger partial charge in [-0.15, -0.1) is 0 Å². The Hall–Kier alpha value is -2.31. The molecule has 0 spiro atoms. The Morgan fingerprint density at radius 3 is 2.43 bits per heavy atom. The van der Waals surface area contributed by atoms with Crippen LogP contribution in [-0.4, -0.2) is 22.4 Å². The Kier molecular flexibility index (Phi) is 4.02. The van der Waals surface area contributed by atoms with E-state index >= 15 is 0 Å². The summed E-state index contributed by atoms with van der Waals surface area (Å²) in [6.45, 7) is 2.93. The quantitative estimate of drug-likeness (QED) is 0.816. The molecule has 0 fully saturated rings. The van der Waals surface area contributed by atoms with E-state index in [4.69, 9.17) is 4.74 Å². The highest BCUT2D eigenvalue weighted by Gasteiger charge is 2.41. The molecule has 1 aromatic carbocycles. The molecule has 0 atom stereocenters. The van der Waals surface area contributed by atoms with Crippen molar-refractivity contribution in [1.29, 1.82) is 0 Å². The zero-order valence-electron chi connectivity index (χ0n) is 11.4. The zero-order valence-corrected chi connectivity index (χ0v) is 11.4. The molecule has 0 bridgehead atoms. The number of esters is 1. The third-order valence-corrected chi connectivity index (χ3v) is 2.87. The van der Waals surface area contributed by atoms with Gasteiger partial charge in [0.15, 0.2) is 5.69 Å². The molecular formula is C14H13F3N2O2. The van der Waals surface area contributed by atoms with E-state index < -0.39 is 23.4 Å². The van der Waals surface area contributed by atoms with Crippen LogP contribution in [0.25, 0.3) is 5.69 Å². The van der Waals surface area contributed by atoms with E-state index in [1.54, 1.807) is 30.3 Å². The van der Waals surface area contributed by atoms with Crippen LogP contribution in [0.4, 0.5) is 13.2 Å². The third-order valence-electron chi connectivity index (χ3n) is 2.87. The van der Waals surface area contributed by atoms with Gasteiger partial charge in [0.05, 0.1) is 18.0 Å². The summed E-state index contributed by atoms with van der Waals surface area (Å²) in [6, 6.07) is 8.30. The highest BCUT2D eigenvalue weighted by molar-refractivity contribution is 5.92. The van der Waals surface area contributed by atoms with Gasteiger partial charge in [0.25, 0.3) is 0 Å². The van der Waals surface area contributed by atoms with E-state index in [0.717, 1.165) is 4.68 Å². The molecule has 0 unspecified atom stereocenters. The summed E-state index contributed by atoms with van der Waals surface area (Å²) >= 11 is 0. The van der Waals surface area contributed by atoms with E-state index in [2.05, 4.69) is 5.10 Å². The number of aromatic nitrogens is 2. The Morgan fingerprint density at radius 1 is 1.29 bits per heavy atom. The number of rotatable bonds is 3. The highest BCUT2D eigenvalue weighted by atomic mass is 19.4. The van der Waals surface area contributed by atoms with Crippen LogP contribution in [0.1, 0.15) is 28.7 Å². The predicted octanol–water partition coefficient (Wildman–Crippen LogP) is 3.38. The molecule has 0 radical (unpaired) electrons. The monoisotopic (exact) mass is 298 g/mol. The lowest BCUT2D eigenvalue weighted by atomic mass is 10.2. The van der Waals surface area contributed by atoms with Crippen LogP contribution in [-0.2, 0) is 10.9 Å². The van der Waals surface area contributed by atoms with Gasteiger partial charge in [-0.25, -0.2) is 9.48 Å². The van der Waals surface area contributed by atoms with Gasteiger partial charge in [-0.05, 0) is 26.0 Å². The minimum absolute atomic E-state index is 0.00785. The molecular weight excluding hydrogens is 285 g/mol. The average Bonchev–Trinajstić information content (AvgIpc) is 2.78. The van der Waals surface area contributed by atoms with Crippen molar-refractivity contribution in [3.05, 3.63) is 47.3 Å². The first kappa shape index (κ1) is 15.1. The first-order chi connectivity index (χ1) is 9.86. The second-order valence-electron chi connectivity index (χ2n) is 4.27. The third kappa shape index (κ3) is 2.91. The fourth-order valence-corrected chi connectivity index (χ4v) is 1.97. The molecule has 2 aromatic rings. The molecule has 0 N–H and O–H groups in total. The fourth-order valence-electron chi connectivity index (χ4n) is 1.97. The van der Waals surface area contributed by atoms with Crippen molar-refractivity contribution in [1.82, 2.24) is 9.78 Å². The smallest absolute Gasteiger partial charge is 0.436 e. The van der Waals surface area contributed by atoms with E-state index in [0.29, 0.717) is 5.69 Å². The molecule has 21 heavy (non-hydrogen) atoms. The van der Waals surface area contributed by atoms with Crippen LogP contribution in [0.2, 0.25) is 0 Å². The molecule has 1 heterocycles. The van der Waals surface area contributed by atoms with Crippen molar-refractivity contribution in [3.8, 4) is 5.69 Å². The van der Waals surface area contributed by atoms with E-state index in [9.17, 15) is 18.0 Å². The molecule has 7 heteroatoms. The van der Waals surface area contributed by atoms with Crippen molar-refractivity contribution >= 4 is 5.97 Å². The van der Waals surface area contributed by atoms with Crippen molar-refractivity contribution < 1.29 is 22.7 Å². The van der Waals surface area contributed by atoms with Gasteiger partial charge >= 0.3 is 12.1 Å².